The van der Waals surface area contributed by atoms with Crippen LogP contribution in [-0.2, 0) is 0 Å². The second kappa shape index (κ2) is 8.55. The van der Waals surface area contributed by atoms with Crippen LogP contribution in [0.5, 0.6) is 0 Å². The number of halogens is 1. The van der Waals surface area contributed by atoms with Crippen molar-refractivity contribution in [3.8, 4) is 0 Å². The topological polar surface area (TPSA) is 89.9 Å². The summed E-state index contributed by atoms with van der Waals surface area (Å²) in [6.45, 7) is 3.27. The summed E-state index contributed by atoms with van der Waals surface area (Å²) < 4.78 is 0. The van der Waals surface area contributed by atoms with Crippen molar-refractivity contribution < 1.29 is 17.2 Å². The average molecular weight is 384 g/mol. The number of anilines is 2. The normalized spacial score (nSPS) is 15.0. The number of carbonyl (C=O) groups excluding carboxylic acids is 1. The zero-order valence-electron chi connectivity index (χ0n) is 14.6. The molecule has 0 atom stereocenters. The third kappa shape index (κ3) is 4.57. The summed E-state index contributed by atoms with van der Waals surface area (Å²) in [6.07, 6.45) is 0. The van der Waals surface area contributed by atoms with Crippen molar-refractivity contribution >= 4 is 29.1 Å². The zero-order valence-corrected chi connectivity index (χ0v) is 15.4. The van der Waals surface area contributed by atoms with Crippen LogP contribution in [0.3, 0.4) is 0 Å². The molecule has 0 spiro atoms. The molecule has 7 nitrogen and oxygen atoms in total. The Hall–Kier alpha value is -3.06. The van der Waals surface area contributed by atoms with Gasteiger partial charge in [0.2, 0.25) is 0 Å². The number of amidine groups is 2. The Morgan fingerprint density at radius 3 is 1.70 bits per heavy atom. The van der Waals surface area contributed by atoms with Gasteiger partial charge in [-0.1, -0.05) is 24.3 Å². The van der Waals surface area contributed by atoms with Gasteiger partial charge in [-0.3, -0.25) is 9.98 Å². The second-order valence-electron chi connectivity index (χ2n) is 6.05. The lowest BCUT2D eigenvalue weighted by Crippen LogP contribution is -3.00. The first-order valence-electron chi connectivity index (χ1n) is 8.63. The van der Waals surface area contributed by atoms with Gasteiger partial charge in [-0.15, -0.1) is 0 Å². The molecule has 0 bridgehead atoms. The minimum atomic E-state index is -0.290. The van der Waals surface area contributed by atoms with Crippen LogP contribution in [0.15, 0.2) is 58.5 Å². The van der Waals surface area contributed by atoms with Gasteiger partial charge in [0.1, 0.15) is 11.7 Å². The van der Waals surface area contributed by atoms with Crippen LogP contribution in [0.25, 0.3) is 0 Å². The van der Waals surface area contributed by atoms with Gasteiger partial charge >= 0.3 is 6.03 Å². The second-order valence-corrected chi connectivity index (χ2v) is 6.05. The molecular weight excluding hydrogens is 364 g/mol. The van der Waals surface area contributed by atoms with Gasteiger partial charge in [-0.25, -0.2) is 4.79 Å². The fourth-order valence-electron chi connectivity index (χ4n) is 2.96. The van der Waals surface area contributed by atoms with Crippen molar-refractivity contribution in [2.45, 2.75) is 0 Å². The average Bonchev–Trinajstić information content (AvgIpc) is 3.36. The molecule has 2 aliphatic heterocycles. The molecule has 4 N–H and O–H groups in total. The van der Waals surface area contributed by atoms with Gasteiger partial charge in [0.05, 0.1) is 13.1 Å². The molecule has 2 aromatic carbocycles. The van der Waals surface area contributed by atoms with Crippen molar-refractivity contribution in [1.29, 1.82) is 0 Å². The van der Waals surface area contributed by atoms with Crippen molar-refractivity contribution in [3.63, 3.8) is 0 Å². The molecule has 27 heavy (non-hydrogen) atoms. The molecule has 0 fully saturated rings. The standard InChI is InChI=1S/C19H20N6O.ClH/c26-19(24-15-5-1-3-13(11-15)17-20-7-8-21-17)25-16-6-2-4-14(12-16)18-22-9-10-23-18;/h1-6,11-12H,7-10H2,(H,20,21)(H,22,23)(H2,24,25,26);1H/p-1. The van der Waals surface area contributed by atoms with E-state index in [0.29, 0.717) is 0 Å². The highest BCUT2D eigenvalue weighted by Crippen LogP contribution is 2.15. The van der Waals surface area contributed by atoms with Crippen LogP contribution in [0.4, 0.5) is 16.2 Å². The highest BCUT2D eigenvalue weighted by atomic mass is 35.5. The molecule has 0 saturated heterocycles. The molecule has 0 unspecified atom stereocenters. The van der Waals surface area contributed by atoms with Crippen LogP contribution in [-0.4, -0.2) is 43.9 Å². The maximum absolute atomic E-state index is 12.3. The van der Waals surface area contributed by atoms with Gasteiger partial charge in [-0.05, 0) is 24.3 Å². The Kier molecular flexibility index (Phi) is 5.93. The van der Waals surface area contributed by atoms with E-state index in [2.05, 4.69) is 31.3 Å². The van der Waals surface area contributed by atoms with E-state index in [1.54, 1.807) is 0 Å². The third-order valence-electron chi connectivity index (χ3n) is 4.14. The summed E-state index contributed by atoms with van der Waals surface area (Å²) in [4.78, 5) is 21.1. The number of rotatable bonds is 4. The maximum Gasteiger partial charge on any atom is 0.323 e. The number of nitrogens with zero attached hydrogens (tertiary/aromatic N) is 2. The first-order valence-corrected chi connectivity index (χ1v) is 8.63. The first kappa shape index (κ1) is 18.7. The molecule has 0 aliphatic carbocycles. The quantitative estimate of drug-likeness (QED) is 0.548. The van der Waals surface area contributed by atoms with Gasteiger partial charge in [-0.2, -0.15) is 0 Å². The molecule has 0 aromatic heterocycles. The number of urea groups is 1. The number of carbonyl (C=O) groups is 1. The third-order valence-corrected chi connectivity index (χ3v) is 4.14. The Morgan fingerprint density at radius 2 is 1.30 bits per heavy atom. The molecule has 2 aliphatic rings. The summed E-state index contributed by atoms with van der Waals surface area (Å²) >= 11 is 0. The molecule has 2 amide bonds. The van der Waals surface area contributed by atoms with Crippen LogP contribution < -0.4 is 33.7 Å². The van der Waals surface area contributed by atoms with Crippen LogP contribution in [0.1, 0.15) is 11.1 Å². The van der Waals surface area contributed by atoms with E-state index in [4.69, 9.17) is 0 Å². The van der Waals surface area contributed by atoms with Gasteiger partial charge < -0.3 is 33.7 Å². The summed E-state index contributed by atoms with van der Waals surface area (Å²) in [5.41, 5.74) is 3.36. The minimum absolute atomic E-state index is 0. The number of hydrogen-bond acceptors (Lipinski definition) is 5. The van der Waals surface area contributed by atoms with E-state index >= 15 is 0 Å². The molecule has 2 heterocycles. The molecule has 8 heteroatoms. The smallest absolute Gasteiger partial charge is 0.323 e. The lowest BCUT2D eigenvalue weighted by molar-refractivity contribution is -0.00000822. The number of nitrogens with one attached hydrogen (secondary N) is 4. The van der Waals surface area contributed by atoms with Crippen molar-refractivity contribution in [2.75, 3.05) is 36.8 Å². The predicted molar refractivity (Wildman–Crippen MR) is 104 cm³/mol. The molecule has 0 radical (unpaired) electrons. The van der Waals surface area contributed by atoms with Crippen molar-refractivity contribution in [1.82, 2.24) is 10.6 Å². The lowest BCUT2D eigenvalue weighted by atomic mass is 10.2. The molecule has 0 saturated carbocycles. The predicted octanol–water partition coefficient (Wildman–Crippen LogP) is -0.966. The van der Waals surface area contributed by atoms with E-state index in [1.807, 2.05) is 48.5 Å². The number of aliphatic imine (C=N–C) groups is 2. The Bertz CT molecular complexity index is 824. The van der Waals surface area contributed by atoms with E-state index in [0.717, 1.165) is 60.4 Å². The van der Waals surface area contributed by atoms with Gasteiger partial charge in [0.25, 0.3) is 0 Å². The van der Waals surface area contributed by atoms with E-state index in [9.17, 15) is 4.79 Å². The highest BCUT2D eigenvalue weighted by molar-refractivity contribution is 6.04. The summed E-state index contributed by atoms with van der Waals surface area (Å²) in [6, 6.07) is 15.0. The minimum Gasteiger partial charge on any atom is -1.00 e. The first-order chi connectivity index (χ1) is 12.8. The molecular formula is C19H20ClN6O-. The highest BCUT2D eigenvalue weighted by Gasteiger charge is 2.11. The van der Waals surface area contributed by atoms with E-state index < -0.39 is 0 Å². The summed E-state index contributed by atoms with van der Waals surface area (Å²) in [5.74, 6) is 1.73. The molecule has 4 rings (SSSR count). The fraction of sp³-hybridized carbons (Fsp3) is 0.211. The summed E-state index contributed by atoms with van der Waals surface area (Å²) in [5, 5.41) is 12.2. The Labute approximate surface area is 163 Å². The number of benzene rings is 2. The van der Waals surface area contributed by atoms with Crippen LogP contribution in [0.2, 0.25) is 0 Å². The largest absolute Gasteiger partial charge is 1.00 e. The van der Waals surface area contributed by atoms with E-state index in [-0.39, 0.29) is 18.4 Å². The van der Waals surface area contributed by atoms with Crippen LogP contribution >= 0.6 is 0 Å². The Balaban J connectivity index is 0.00000210. The molecule has 2 aromatic rings. The maximum atomic E-state index is 12.3. The lowest BCUT2D eigenvalue weighted by Gasteiger charge is -2.10. The number of hydrogen-bond donors (Lipinski definition) is 4. The SMILES string of the molecule is O=C(Nc1cccc(C2=NCCN2)c1)Nc1cccc(C2=NCCN2)c1.[Cl-]. The summed E-state index contributed by atoms with van der Waals surface area (Å²) in [7, 11) is 0. The van der Waals surface area contributed by atoms with Gasteiger partial charge in [0.15, 0.2) is 0 Å². The number of amides is 2. The monoisotopic (exact) mass is 383 g/mol. The fourth-order valence-corrected chi connectivity index (χ4v) is 2.96. The van der Waals surface area contributed by atoms with Crippen LogP contribution in [0, 0.1) is 0 Å². The zero-order chi connectivity index (χ0) is 17.8. The van der Waals surface area contributed by atoms with Gasteiger partial charge in [0, 0.05) is 35.6 Å². The van der Waals surface area contributed by atoms with E-state index in [1.165, 1.54) is 0 Å². The molecule has 140 valence electrons. The van der Waals surface area contributed by atoms with Crippen molar-refractivity contribution in [2.24, 2.45) is 9.98 Å². The Morgan fingerprint density at radius 1 is 0.815 bits per heavy atom. The van der Waals surface area contributed by atoms with Crippen molar-refractivity contribution in [3.05, 3.63) is 59.7 Å².